The highest BCUT2D eigenvalue weighted by molar-refractivity contribution is 6.39. The molecule has 3 amide bonds. The molecule has 0 aliphatic rings. The van der Waals surface area contributed by atoms with Crippen molar-refractivity contribution in [1.82, 2.24) is 5.43 Å². The first-order valence-corrected chi connectivity index (χ1v) is 11.1. The molecule has 3 aromatic rings. The van der Waals surface area contributed by atoms with Crippen LogP contribution in [0.3, 0.4) is 0 Å². The number of amides is 3. The Morgan fingerprint density at radius 1 is 0.943 bits per heavy atom. The first-order valence-electron chi connectivity index (χ1n) is 10.7. The number of benzene rings is 3. The average molecular weight is 493 g/mol. The van der Waals surface area contributed by atoms with E-state index in [1.807, 2.05) is 39.0 Å². The number of nitrogens with zero attached hydrogens (tertiary/aromatic N) is 1. The molecule has 0 heterocycles. The molecule has 0 aliphatic heterocycles. The van der Waals surface area contributed by atoms with E-state index in [4.69, 9.17) is 16.3 Å². The van der Waals surface area contributed by atoms with Gasteiger partial charge in [0.1, 0.15) is 5.75 Å². The number of hydrazone groups is 1. The molecular weight excluding hydrogens is 468 g/mol. The number of carbonyl (C=O) groups excluding carboxylic acids is 3. The molecular formula is C26H25ClN4O4. The fourth-order valence-corrected chi connectivity index (χ4v) is 3.22. The zero-order chi connectivity index (χ0) is 25.4. The third-order valence-electron chi connectivity index (χ3n) is 5.09. The van der Waals surface area contributed by atoms with Crippen LogP contribution in [0, 0.1) is 20.8 Å². The molecule has 8 nitrogen and oxygen atoms in total. The number of rotatable bonds is 7. The van der Waals surface area contributed by atoms with Gasteiger partial charge in [-0.25, -0.2) is 5.43 Å². The molecule has 0 aromatic heterocycles. The predicted octanol–water partition coefficient (Wildman–Crippen LogP) is 4.37. The molecule has 35 heavy (non-hydrogen) atoms. The maximum Gasteiger partial charge on any atom is 0.329 e. The first-order chi connectivity index (χ1) is 16.7. The van der Waals surface area contributed by atoms with Crippen LogP contribution in [0.15, 0.2) is 65.8 Å². The summed E-state index contributed by atoms with van der Waals surface area (Å²) < 4.78 is 5.49. The monoisotopic (exact) mass is 492 g/mol. The van der Waals surface area contributed by atoms with Gasteiger partial charge in [-0.2, -0.15) is 5.10 Å². The molecule has 3 N–H and O–H groups in total. The number of ether oxygens (including phenoxy) is 1. The minimum absolute atomic E-state index is 0.216. The second-order valence-electron chi connectivity index (χ2n) is 7.79. The van der Waals surface area contributed by atoms with Gasteiger partial charge < -0.3 is 15.4 Å². The molecule has 0 unspecified atom stereocenters. The SMILES string of the molecule is Cc1ccc(NC(=O)COc2ccc(/C=N\NC(=O)C(=O)Nc3cccc(C)c3C)cc2Cl)cc1. The third-order valence-corrected chi connectivity index (χ3v) is 5.38. The second-order valence-corrected chi connectivity index (χ2v) is 8.20. The fraction of sp³-hybridized carbons (Fsp3) is 0.154. The Balaban J connectivity index is 1.49. The molecule has 3 aromatic carbocycles. The van der Waals surface area contributed by atoms with Gasteiger partial charge in [-0.3, -0.25) is 14.4 Å². The molecule has 0 aliphatic carbocycles. The van der Waals surface area contributed by atoms with Gasteiger partial charge in [-0.15, -0.1) is 0 Å². The van der Waals surface area contributed by atoms with Crippen LogP contribution in [0.4, 0.5) is 11.4 Å². The highest BCUT2D eigenvalue weighted by atomic mass is 35.5. The topological polar surface area (TPSA) is 109 Å². The average Bonchev–Trinajstić information content (AvgIpc) is 2.83. The maximum absolute atomic E-state index is 12.1. The van der Waals surface area contributed by atoms with Gasteiger partial charge in [0.15, 0.2) is 6.61 Å². The summed E-state index contributed by atoms with van der Waals surface area (Å²) in [6, 6.07) is 17.6. The fourth-order valence-electron chi connectivity index (χ4n) is 2.97. The molecule has 0 radical (unpaired) electrons. The van der Waals surface area contributed by atoms with Crippen molar-refractivity contribution in [3.8, 4) is 5.75 Å². The Bertz CT molecular complexity index is 1270. The van der Waals surface area contributed by atoms with Crippen LogP contribution in [0.1, 0.15) is 22.3 Å². The van der Waals surface area contributed by atoms with E-state index in [-0.39, 0.29) is 17.5 Å². The van der Waals surface area contributed by atoms with Crippen molar-refractivity contribution in [2.75, 3.05) is 17.2 Å². The predicted molar refractivity (Wildman–Crippen MR) is 137 cm³/mol. The van der Waals surface area contributed by atoms with Crippen LogP contribution in [-0.2, 0) is 14.4 Å². The van der Waals surface area contributed by atoms with Crippen LogP contribution >= 0.6 is 11.6 Å². The van der Waals surface area contributed by atoms with Crippen molar-refractivity contribution < 1.29 is 19.1 Å². The highest BCUT2D eigenvalue weighted by Gasteiger charge is 2.14. The molecule has 0 atom stereocenters. The van der Waals surface area contributed by atoms with Crippen molar-refractivity contribution in [3.05, 3.63) is 87.9 Å². The Morgan fingerprint density at radius 3 is 2.40 bits per heavy atom. The molecule has 0 saturated heterocycles. The normalized spacial score (nSPS) is 10.6. The van der Waals surface area contributed by atoms with Gasteiger partial charge in [0.2, 0.25) is 0 Å². The smallest absolute Gasteiger partial charge is 0.329 e. The molecule has 3 rings (SSSR count). The van der Waals surface area contributed by atoms with Gasteiger partial charge in [0, 0.05) is 11.4 Å². The minimum Gasteiger partial charge on any atom is -0.482 e. The van der Waals surface area contributed by atoms with E-state index in [0.717, 1.165) is 16.7 Å². The summed E-state index contributed by atoms with van der Waals surface area (Å²) in [5.41, 5.74) is 6.93. The number of hydrogen-bond donors (Lipinski definition) is 3. The lowest BCUT2D eigenvalue weighted by molar-refractivity contribution is -0.136. The zero-order valence-corrected chi connectivity index (χ0v) is 20.3. The molecule has 0 saturated carbocycles. The summed E-state index contributed by atoms with van der Waals surface area (Å²) in [5.74, 6) is -1.74. The standard InChI is InChI=1S/C26H25ClN4O4/c1-16-7-10-20(11-8-16)29-24(32)15-35-23-12-9-19(13-21(23)27)14-28-31-26(34)25(33)30-22-6-4-5-17(2)18(22)3/h4-14H,15H2,1-3H3,(H,29,32)(H,30,33)(H,31,34)/b28-14-. The maximum atomic E-state index is 12.1. The highest BCUT2D eigenvalue weighted by Crippen LogP contribution is 2.25. The Hall–Kier alpha value is -4.17. The van der Waals surface area contributed by atoms with E-state index in [1.54, 1.807) is 42.5 Å². The van der Waals surface area contributed by atoms with Gasteiger partial charge in [-0.05, 0) is 73.9 Å². The van der Waals surface area contributed by atoms with E-state index in [9.17, 15) is 14.4 Å². The summed E-state index contributed by atoms with van der Waals surface area (Å²) in [5, 5.41) is 9.35. The number of hydrogen-bond acceptors (Lipinski definition) is 5. The number of carbonyl (C=O) groups is 3. The quantitative estimate of drug-likeness (QED) is 0.258. The van der Waals surface area contributed by atoms with Crippen molar-refractivity contribution in [2.24, 2.45) is 5.10 Å². The van der Waals surface area contributed by atoms with E-state index in [2.05, 4.69) is 21.2 Å². The summed E-state index contributed by atoms with van der Waals surface area (Å²) in [4.78, 5) is 36.2. The van der Waals surface area contributed by atoms with Crippen LogP contribution in [-0.4, -0.2) is 30.5 Å². The van der Waals surface area contributed by atoms with E-state index < -0.39 is 11.8 Å². The lowest BCUT2D eigenvalue weighted by Crippen LogP contribution is -2.32. The number of halogens is 1. The van der Waals surface area contributed by atoms with Crippen molar-refractivity contribution in [1.29, 1.82) is 0 Å². The largest absolute Gasteiger partial charge is 0.482 e. The van der Waals surface area contributed by atoms with Crippen LogP contribution in [0.2, 0.25) is 5.02 Å². The summed E-state index contributed by atoms with van der Waals surface area (Å²) in [7, 11) is 0. The number of nitrogens with one attached hydrogen (secondary N) is 3. The van der Waals surface area contributed by atoms with E-state index in [1.165, 1.54) is 6.21 Å². The van der Waals surface area contributed by atoms with Crippen molar-refractivity contribution in [3.63, 3.8) is 0 Å². The van der Waals surface area contributed by atoms with Crippen LogP contribution in [0.5, 0.6) is 5.75 Å². The van der Waals surface area contributed by atoms with Gasteiger partial charge in [-0.1, -0.05) is 41.4 Å². The molecule has 0 bridgehead atoms. The summed E-state index contributed by atoms with van der Waals surface area (Å²) >= 11 is 6.23. The summed E-state index contributed by atoms with van der Waals surface area (Å²) in [6.45, 7) is 5.52. The van der Waals surface area contributed by atoms with E-state index in [0.29, 0.717) is 22.7 Å². The first kappa shape index (κ1) is 25.5. The van der Waals surface area contributed by atoms with Crippen LogP contribution in [0.25, 0.3) is 0 Å². The second kappa shape index (κ2) is 11.8. The number of aryl methyl sites for hydroxylation is 2. The Kier molecular flexibility index (Phi) is 8.58. The molecule has 0 spiro atoms. The van der Waals surface area contributed by atoms with Gasteiger partial charge in [0.25, 0.3) is 5.91 Å². The minimum atomic E-state index is -0.909. The van der Waals surface area contributed by atoms with Gasteiger partial charge in [0.05, 0.1) is 11.2 Å². The zero-order valence-electron chi connectivity index (χ0n) is 19.5. The summed E-state index contributed by atoms with van der Waals surface area (Å²) in [6.07, 6.45) is 1.34. The molecule has 0 fully saturated rings. The van der Waals surface area contributed by atoms with Crippen molar-refractivity contribution >= 4 is 46.9 Å². The van der Waals surface area contributed by atoms with Gasteiger partial charge >= 0.3 is 11.8 Å². The van der Waals surface area contributed by atoms with E-state index >= 15 is 0 Å². The number of anilines is 2. The third kappa shape index (κ3) is 7.41. The molecule has 9 heteroatoms. The Labute approximate surface area is 208 Å². The van der Waals surface area contributed by atoms with Crippen LogP contribution < -0.4 is 20.8 Å². The lowest BCUT2D eigenvalue weighted by atomic mass is 10.1. The Morgan fingerprint density at radius 2 is 1.69 bits per heavy atom. The molecule has 180 valence electrons. The van der Waals surface area contributed by atoms with Crippen molar-refractivity contribution in [2.45, 2.75) is 20.8 Å². The lowest BCUT2D eigenvalue weighted by Gasteiger charge is -2.10.